The van der Waals surface area contributed by atoms with Crippen molar-refractivity contribution in [2.45, 2.75) is 26.7 Å². The molecule has 0 saturated carbocycles. The molecule has 0 bridgehead atoms. The minimum atomic E-state index is -2.93. The van der Waals surface area contributed by atoms with E-state index in [0.717, 1.165) is 0 Å². The minimum absolute atomic E-state index is 0.0890. The highest BCUT2D eigenvalue weighted by Gasteiger charge is 2.20. The molecular formula is C10H23NO3S. The molecule has 0 heterocycles. The fraction of sp³-hybridized carbons (Fsp3) is 1.00. The van der Waals surface area contributed by atoms with Gasteiger partial charge in [-0.25, -0.2) is 8.42 Å². The predicted molar refractivity (Wildman–Crippen MR) is 62.6 cm³/mol. The number of methoxy groups -OCH3 is 1. The van der Waals surface area contributed by atoms with Crippen molar-refractivity contribution in [1.82, 2.24) is 0 Å². The van der Waals surface area contributed by atoms with Gasteiger partial charge in [-0.2, -0.15) is 0 Å². The van der Waals surface area contributed by atoms with E-state index < -0.39 is 9.84 Å². The van der Waals surface area contributed by atoms with Crippen LogP contribution in [0.5, 0.6) is 0 Å². The third-order valence-corrected chi connectivity index (χ3v) is 4.18. The summed E-state index contributed by atoms with van der Waals surface area (Å²) in [7, 11) is -1.36. The maximum Gasteiger partial charge on any atom is 0.150 e. The zero-order chi connectivity index (χ0) is 11.9. The Bertz CT molecular complexity index is 260. The third-order valence-electron chi connectivity index (χ3n) is 2.45. The number of ether oxygens (including phenoxy) is 1. The van der Waals surface area contributed by atoms with E-state index in [0.29, 0.717) is 26.0 Å². The molecule has 2 N–H and O–H groups in total. The quantitative estimate of drug-likeness (QED) is 0.634. The molecule has 0 rings (SSSR count). The van der Waals surface area contributed by atoms with Crippen LogP contribution < -0.4 is 5.73 Å². The third kappa shape index (κ3) is 7.76. The molecule has 4 nitrogen and oxygen atoms in total. The second kappa shape index (κ2) is 6.45. The topological polar surface area (TPSA) is 69.4 Å². The van der Waals surface area contributed by atoms with E-state index in [4.69, 9.17) is 10.5 Å². The van der Waals surface area contributed by atoms with Crippen LogP contribution in [0, 0.1) is 5.41 Å². The summed E-state index contributed by atoms with van der Waals surface area (Å²) in [6.07, 6.45) is 1.20. The molecule has 0 spiro atoms. The van der Waals surface area contributed by atoms with Crippen LogP contribution in [0.25, 0.3) is 0 Å². The van der Waals surface area contributed by atoms with E-state index in [1.165, 1.54) is 0 Å². The van der Waals surface area contributed by atoms with Gasteiger partial charge in [0.1, 0.15) is 9.84 Å². The van der Waals surface area contributed by atoms with Crippen LogP contribution in [-0.2, 0) is 14.6 Å². The molecule has 0 aromatic rings. The van der Waals surface area contributed by atoms with Gasteiger partial charge in [-0.05, 0) is 24.8 Å². The number of rotatable bonds is 8. The summed E-state index contributed by atoms with van der Waals surface area (Å²) in [5.74, 6) is 0.433. The second-order valence-electron chi connectivity index (χ2n) is 4.62. The molecule has 0 amide bonds. The van der Waals surface area contributed by atoms with Gasteiger partial charge in [0.15, 0.2) is 0 Å². The molecule has 92 valence electrons. The number of hydrogen-bond acceptors (Lipinski definition) is 4. The van der Waals surface area contributed by atoms with E-state index in [1.54, 1.807) is 7.11 Å². The van der Waals surface area contributed by atoms with Crippen LogP contribution in [-0.4, -0.2) is 40.2 Å². The van der Waals surface area contributed by atoms with Crippen molar-refractivity contribution >= 4 is 9.84 Å². The zero-order valence-corrected chi connectivity index (χ0v) is 10.8. The first kappa shape index (κ1) is 14.9. The van der Waals surface area contributed by atoms with Crippen LogP contribution in [0.15, 0.2) is 0 Å². The number of nitrogens with two attached hydrogens (primary N) is 1. The van der Waals surface area contributed by atoms with Crippen LogP contribution in [0.3, 0.4) is 0 Å². The summed E-state index contributed by atoms with van der Waals surface area (Å²) >= 11 is 0. The van der Waals surface area contributed by atoms with Crippen molar-refractivity contribution in [2.75, 3.05) is 31.8 Å². The standard InChI is InChI=1S/C10H23NO3S/c1-10(2,9-11)5-8-15(12,13)7-4-6-14-3/h4-9,11H2,1-3H3. The molecule has 0 saturated heterocycles. The van der Waals surface area contributed by atoms with Crippen LogP contribution in [0.4, 0.5) is 0 Å². The van der Waals surface area contributed by atoms with Crippen molar-refractivity contribution in [3.8, 4) is 0 Å². The van der Waals surface area contributed by atoms with Gasteiger partial charge >= 0.3 is 0 Å². The summed E-state index contributed by atoms with van der Waals surface area (Å²) in [5, 5.41) is 0. The Balaban J connectivity index is 3.94. The Morgan fingerprint density at radius 1 is 1.27 bits per heavy atom. The average Bonchev–Trinajstić information content (AvgIpc) is 2.16. The molecule has 0 radical (unpaired) electrons. The normalized spacial score (nSPS) is 13.1. The predicted octanol–water partition coefficient (Wildman–Crippen LogP) is 0.813. The largest absolute Gasteiger partial charge is 0.385 e. The first-order chi connectivity index (χ1) is 6.83. The highest BCUT2D eigenvalue weighted by atomic mass is 32.2. The fourth-order valence-corrected chi connectivity index (χ4v) is 2.68. The summed E-state index contributed by atoms with van der Waals surface area (Å²) in [6, 6.07) is 0. The highest BCUT2D eigenvalue weighted by Crippen LogP contribution is 2.19. The lowest BCUT2D eigenvalue weighted by molar-refractivity contribution is 0.199. The average molecular weight is 237 g/mol. The molecule has 5 heteroatoms. The molecule has 0 aromatic carbocycles. The smallest absolute Gasteiger partial charge is 0.150 e. The maximum atomic E-state index is 11.6. The summed E-state index contributed by atoms with van der Waals surface area (Å²) in [4.78, 5) is 0. The van der Waals surface area contributed by atoms with Gasteiger partial charge < -0.3 is 10.5 Å². The molecule has 0 fully saturated rings. The van der Waals surface area contributed by atoms with Gasteiger partial charge in [-0.15, -0.1) is 0 Å². The Morgan fingerprint density at radius 3 is 2.33 bits per heavy atom. The Labute approximate surface area is 93.1 Å². The van der Waals surface area contributed by atoms with Crippen LogP contribution in [0.2, 0.25) is 0 Å². The SMILES string of the molecule is COCCCS(=O)(=O)CCC(C)(C)CN. The molecule has 0 aromatic heterocycles. The summed E-state index contributed by atoms with van der Waals surface area (Å²) in [5.41, 5.74) is 5.45. The van der Waals surface area contributed by atoms with Crippen molar-refractivity contribution in [3.05, 3.63) is 0 Å². The Kier molecular flexibility index (Phi) is 6.40. The van der Waals surface area contributed by atoms with E-state index in [2.05, 4.69) is 0 Å². The minimum Gasteiger partial charge on any atom is -0.385 e. The molecule has 0 aliphatic carbocycles. The van der Waals surface area contributed by atoms with Gasteiger partial charge in [0.2, 0.25) is 0 Å². The molecular weight excluding hydrogens is 214 g/mol. The molecule has 15 heavy (non-hydrogen) atoms. The molecule has 0 aliphatic heterocycles. The van der Waals surface area contributed by atoms with E-state index in [-0.39, 0.29) is 16.9 Å². The fourth-order valence-electron chi connectivity index (χ4n) is 1.06. The lowest BCUT2D eigenvalue weighted by Gasteiger charge is -2.21. The monoisotopic (exact) mass is 237 g/mol. The van der Waals surface area contributed by atoms with Crippen molar-refractivity contribution < 1.29 is 13.2 Å². The van der Waals surface area contributed by atoms with Gasteiger partial charge in [-0.1, -0.05) is 13.8 Å². The summed E-state index contributed by atoms with van der Waals surface area (Å²) in [6.45, 7) is 4.98. The molecule has 0 unspecified atom stereocenters. The van der Waals surface area contributed by atoms with Crippen molar-refractivity contribution in [3.63, 3.8) is 0 Å². The highest BCUT2D eigenvalue weighted by molar-refractivity contribution is 7.91. The van der Waals surface area contributed by atoms with Crippen molar-refractivity contribution in [2.24, 2.45) is 11.1 Å². The summed E-state index contributed by atoms with van der Waals surface area (Å²) < 4.78 is 28.0. The lowest BCUT2D eigenvalue weighted by atomic mass is 9.91. The Morgan fingerprint density at radius 2 is 1.87 bits per heavy atom. The van der Waals surface area contributed by atoms with E-state index >= 15 is 0 Å². The van der Waals surface area contributed by atoms with E-state index in [9.17, 15) is 8.42 Å². The van der Waals surface area contributed by atoms with Gasteiger partial charge in [0.25, 0.3) is 0 Å². The number of sulfone groups is 1. The first-order valence-electron chi connectivity index (χ1n) is 5.22. The Hall–Kier alpha value is -0.130. The first-order valence-corrected chi connectivity index (χ1v) is 7.04. The molecule has 0 atom stereocenters. The van der Waals surface area contributed by atoms with Gasteiger partial charge in [0, 0.05) is 13.7 Å². The maximum absolute atomic E-state index is 11.6. The zero-order valence-electron chi connectivity index (χ0n) is 9.95. The van der Waals surface area contributed by atoms with Crippen molar-refractivity contribution in [1.29, 1.82) is 0 Å². The number of hydrogen-bond donors (Lipinski definition) is 1. The van der Waals surface area contributed by atoms with Crippen LogP contribution in [0.1, 0.15) is 26.7 Å². The lowest BCUT2D eigenvalue weighted by Crippen LogP contribution is -2.27. The van der Waals surface area contributed by atoms with E-state index in [1.807, 2.05) is 13.8 Å². The second-order valence-corrected chi connectivity index (χ2v) is 6.92. The van der Waals surface area contributed by atoms with Gasteiger partial charge in [0.05, 0.1) is 11.5 Å². The molecule has 0 aliphatic rings. The van der Waals surface area contributed by atoms with Crippen LogP contribution >= 0.6 is 0 Å². The van der Waals surface area contributed by atoms with Gasteiger partial charge in [-0.3, -0.25) is 0 Å².